The van der Waals surface area contributed by atoms with Gasteiger partial charge in [-0.15, -0.1) is 0 Å². The zero-order chi connectivity index (χ0) is 29.0. The van der Waals surface area contributed by atoms with Gasteiger partial charge < -0.3 is 29.4 Å². The van der Waals surface area contributed by atoms with Crippen molar-refractivity contribution in [1.29, 1.82) is 0 Å². The van der Waals surface area contributed by atoms with Crippen molar-refractivity contribution in [2.24, 2.45) is 5.41 Å². The van der Waals surface area contributed by atoms with Gasteiger partial charge in [-0.25, -0.2) is 4.79 Å². The standard InChI is InChI=1S/C33H38N2O6/c1-4-5-22-6-15-29-28(18-22)27-16-17-35(32(38)41-26-13-11-24(39-3)12-14-26)31(30(27)34-29)23-7-9-25(10-8-23)40-21-33(2,19-36)20-37/h6-15,18,31,34,36-37H,4-5,16-17,19-21H2,1-3H3. The van der Waals surface area contributed by atoms with Crippen molar-refractivity contribution in [2.45, 2.75) is 39.2 Å². The van der Waals surface area contributed by atoms with Gasteiger partial charge in [0.05, 0.1) is 26.9 Å². The number of carbonyl (C=O) groups is 1. The number of nitrogens with one attached hydrogen (secondary N) is 1. The largest absolute Gasteiger partial charge is 0.497 e. The molecule has 0 spiro atoms. The number of nitrogens with zero attached hydrogens (tertiary/aromatic N) is 1. The van der Waals surface area contributed by atoms with Crippen LogP contribution in [0.15, 0.2) is 66.7 Å². The Morgan fingerprint density at radius 1 is 1.00 bits per heavy atom. The van der Waals surface area contributed by atoms with E-state index in [1.54, 1.807) is 43.2 Å². The second-order valence-electron chi connectivity index (χ2n) is 11.0. The number of aryl methyl sites for hydroxylation is 1. The van der Waals surface area contributed by atoms with Crippen LogP contribution in [0.3, 0.4) is 0 Å². The lowest BCUT2D eigenvalue weighted by Crippen LogP contribution is -2.42. The minimum absolute atomic E-state index is 0.176. The van der Waals surface area contributed by atoms with Crippen LogP contribution in [0.2, 0.25) is 0 Å². The second kappa shape index (κ2) is 12.2. The fourth-order valence-corrected chi connectivity index (χ4v) is 5.27. The van der Waals surface area contributed by atoms with Gasteiger partial charge in [0.25, 0.3) is 0 Å². The van der Waals surface area contributed by atoms with Gasteiger partial charge in [-0.1, -0.05) is 38.5 Å². The molecule has 2 heterocycles. The Bertz CT molecular complexity index is 1470. The highest BCUT2D eigenvalue weighted by atomic mass is 16.6. The molecule has 0 aliphatic carbocycles. The van der Waals surface area contributed by atoms with Crippen molar-refractivity contribution in [2.75, 3.05) is 33.5 Å². The molecule has 4 aromatic rings. The lowest BCUT2D eigenvalue weighted by atomic mass is 9.92. The highest BCUT2D eigenvalue weighted by Gasteiger charge is 2.36. The molecule has 3 N–H and O–H groups in total. The predicted octanol–water partition coefficient (Wildman–Crippen LogP) is 5.65. The van der Waals surface area contributed by atoms with Crippen molar-refractivity contribution in [3.8, 4) is 17.2 Å². The van der Waals surface area contributed by atoms with E-state index in [4.69, 9.17) is 14.2 Å². The first kappa shape index (κ1) is 28.5. The summed E-state index contributed by atoms with van der Waals surface area (Å²) in [6.07, 6.45) is 2.38. The first-order chi connectivity index (χ1) is 19.9. The highest BCUT2D eigenvalue weighted by molar-refractivity contribution is 5.87. The molecule has 1 aromatic heterocycles. The van der Waals surface area contributed by atoms with Gasteiger partial charge in [-0.2, -0.15) is 0 Å². The van der Waals surface area contributed by atoms with Crippen LogP contribution >= 0.6 is 0 Å². The quantitative estimate of drug-likeness (QED) is 0.233. The molecule has 1 amide bonds. The Hall–Kier alpha value is -4.01. The molecule has 216 valence electrons. The van der Waals surface area contributed by atoms with Crippen LogP contribution in [0.5, 0.6) is 17.2 Å². The molecule has 1 unspecified atom stereocenters. The van der Waals surface area contributed by atoms with E-state index < -0.39 is 11.5 Å². The van der Waals surface area contributed by atoms with E-state index in [1.807, 2.05) is 24.3 Å². The Labute approximate surface area is 240 Å². The number of benzene rings is 3. The number of methoxy groups -OCH3 is 1. The van der Waals surface area contributed by atoms with Crippen LogP contribution in [0.25, 0.3) is 10.9 Å². The molecular formula is C33H38N2O6. The lowest BCUT2D eigenvalue weighted by molar-refractivity contribution is 0.0287. The van der Waals surface area contributed by atoms with E-state index in [9.17, 15) is 15.0 Å². The van der Waals surface area contributed by atoms with Crippen LogP contribution in [-0.2, 0) is 12.8 Å². The molecule has 8 nitrogen and oxygen atoms in total. The van der Waals surface area contributed by atoms with Crippen LogP contribution in [-0.4, -0.2) is 59.7 Å². The minimum Gasteiger partial charge on any atom is -0.497 e. The number of rotatable bonds is 10. The van der Waals surface area contributed by atoms with E-state index in [1.165, 1.54) is 16.5 Å². The molecule has 1 atom stereocenters. The normalized spacial score (nSPS) is 15.0. The third-order valence-electron chi connectivity index (χ3n) is 7.78. The van der Waals surface area contributed by atoms with Crippen LogP contribution in [0.4, 0.5) is 4.79 Å². The topological polar surface area (TPSA) is 104 Å². The van der Waals surface area contributed by atoms with Gasteiger partial charge >= 0.3 is 6.09 Å². The monoisotopic (exact) mass is 558 g/mol. The van der Waals surface area contributed by atoms with Gasteiger partial charge in [0.15, 0.2) is 0 Å². The van der Waals surface area contributed by atoms with Crippen LogP contribution in [0.1, 0.15) is 48.7 Å². The number of aromatic nitrogens is 1. The van der Waals surface area contributed by atoms with Gasteiger partial charge in [-0.3, -0.25) is 4.90 Å². The van der Waals surface area contributed by atoms with E-state index >= 15 is 0 Å². The van der Waals surface area contributed by atoms with Gasteiger partial charge in [0.2, 0.25) is 0 Å². The Balaban J connectivity index is 1.48. The number of fused-ring (bicyclic) bond motifs is 3. The summed E-state index contributed by atoms with van der Waals surface area (Å²) in [7, 11) is 1.59. The number of aliphatic hydroxyl groups excluding tert-OH is 2. The van der Waals surface area contributed by atoms with Crippen LogP contribution in [0, 0.1) is 5.41 Å². The molecule has 1 aliphatic rings. The van der Waals surface area contributed by atoms with Crippen molar-refractivity contribution in [3.05, 3.63) is 89.1 Å². The maximum Gasteiger partial charge on any atom is 0.416 e. The zero-order valence-corrected chi connectivity index (χ0v) is 23.9. The average Bonchev–Trinajstić information content (AvgIpc) is 3.38. The second-order valence-corrected chi connectivity index (χ2v) is 11.0. The highest BCUT2D eigenvalue weighted by Crippen LogP contribution is 2.40. The summed E-state index contributed by atoms with van der Waals surface area (Å²) in [6.45, 7) is 4.26. The van der Waals surface area contributed by atoms with Crippen molar-refractivity contribution in [3.63, 3.8) is 0 Å². The molecular weight excluding hydrogens is 520 g/mol. The first-order valence-corrected chi connectivity index (χ1v) is 14.1. The number of H-pyrrole nitrogens is 1. The smallest absolute Gasteiger partial charge is 0.416 e. The number of hydrogen-bond donors (Lipinski definition) is 3. The molecule has 3 aromatic carbocycles. The molecule has 0 bridgehead atoms. The summed E-state index contributed by atoms with van der Waals surface area (Å²) >= 11 is 0. The van der Waals surface area contributed by atoms with E-state index in [0.29, 0.717) is 30.2 Å². The number of amides is 1. The first-order valence-electron chi connectivity index (χ1n) is 14.1. The fraction of sp³-hybridized carbons (Fsp3) is 0.364. The Kier molecular flexibility index (Phi) is 8.52. The number of ether oxygens (including phenoxy) is 3. The molecule has 0 saturated carbocycles. The molecule has 0 fully saturated rings. The molecule has 1 aliphatic heterocycles. The summed E-state index contributed by atoms with van der Waals surface area (Å²) in [6, 6.07) is 20.8. The number of hydrogen-bond acceptors (Lipinski definition) is 6. The molecule has 0 radical (unpaired) electrons. The zero-order valence-electron chi connectivity index (χ0n) is 23.9. The van der Waals surface area contributed by atoms with Gasteiger partial charge in [0, 0.05) is 28.6 Å². The van der Waals surface area contributed by atoms with E-state index in [2.05, 4.69) is 30.1 Å². The molecule has 8 heteroatoms. The maximum atomic E-state index is 13.6. The number of carbonyl (C=O) groups excluding carboxylic acids is 1. The summed E-state index contributed by atoms with van der Waals surface area (Å²) in [5, 5.41) is 20.4. The van der Waals surface area contributed by atoms with E-state index in [0.717, 1.165) is 29.6 Å². The third kappa shape index (κ3) is 6.04. The average molecular weight is 559 g/mol. The Morgan fingerprint density at radius 2 is 1.68 bits per heavy atom. The third-order valence-corrected chi connectivity index (χ3v) is 7.78. The van der Waals surface area contributed by atoms with Gasteiger partial charge in [-0.05, 0) is 78.1 Å². The molecule has 41 heavy (non-hydrogen) atoms. The molecule has 0 saturated heterocycles. The number of aliphatic hydroxyl groups is 2. The van der Waals surface area contributed by atoms with Gasteiger partial charge in [0.1, 0.15) is 23.3 Å². The van der Waals surface area contributed by atoms with Crippen molar-refractivity contribution in [1.82, 2.24) is 9.88 Å². The molecule has 5 rings (SSSR count). The summed E-state index contributed by atoms with van der Waals surface area (Å²) < 4.78 is 16.9. The summed E-state index contributed by atoms with van der Waals surface area (Å²) in [5.74, 6) is 1.75. The summed E-state index contributed by atoms with van der Waals surface area (Å²) in [4.78, 5) is 19.0. The van der Waals surface area contributed by atoms with Crippen LogP contribution < -0.4 is 14.2 Å². The maximum absolute atomic E-state index is 13.6. The van der Waals surface area contributed by atoms with Crippen molar-refractivity contribution >= 4 is 17.0 Å². The SMILES string of the molecule is CCCc1ccc2[nH]c3c(c2c1)CCN(C(=O)Oc1ccc(OC)cc1)C3c1ccc(OCC(C)(CO)CO)cc1. The Morgan fingerprint density at radius 3 is 2.34 bits per heavy atom. The number of aromatic amines is 1. The summed E-state index contributed by atoms with van der Waals surface area (Å²) in [5.41, 5.74) is 4.74. The minimum atomic E-state index is -0.736. The predicted molar refractivity (Wildman–Crippen MR) is 158 cm³/mol. The van der Waals surface area contributed by atoms with Crippen molar-refractivity contribution < 1.29 is 29.2 Å². The lowest BCUT2D eigenvalue weighted by Gasteiger charge is -2.35. The fourth-order valence-electron chi connectivity index (χ4n) is 5.27. The van der Waals surface area contributed by atoms with E-state index in [-0.39, 0.29) is 25.9 Å².